The van der Waals surface area contributed by atoms with Crippen molar-refractivity contribution in [2.75, 3.05) is 0 Å². The number of nitrogens with one attached hydrogen (secondary N) is 1. The van der Waals surface area contributed by atoms with Crippen LogP contribution in [-0.4, -0.2) is 33.6 Å². The van der Waals surface area contributed by atoms with Crippen molar-refractivity contribution in [1.82, 2.24) is 9.88 Å². The van der Waals surface area contributed by atoms with Crippen molar-refractivity contribution in [1.29, 1.82) is 0 Å². The molecule has 2 fully saturated rings. The number of piperidine rings is 2. The van der Waals surface area contributed by atoms with Gasteiger partial charge in [-0.15, -0.1) is 0 Å². The standard InChI is InChI=1S/C25H33N3O5/c1-4-6-7-9-16-12-21(30)32-23-15(3)25(26-24(31)22(16)23)33-27-17-13-18-10-8-11-19(14-17)28(18)20(29)5-2/h12,18-19H,4-11,13-14H2,1-3H3,(H,26,31). The zero-order valence-corrected chi connectivity index (χ0v) is 19.7. The molecule has 0 aliphatic carbocycles. The lowest BCUT2D eigenvalue weighted by atomic mass is 9.83. The Balaban J connectivity index is 1.60. The third-order valence-electron chi connectivity index (χ3n) is 6.89. The van der Waals surface area contributed by atoms with Gasteiger partial charge in [0, 0.05) is 37.4 Å². The van der Waals surface area contributed by atoms with Gasteiger partial charge in [0.25, 0.3) is 5.56 Å². The minimum atomic E-state index is -0.472. The molecule has 1 N–H and O–H groups in total. The molecule has 2 saturated heterocycles. The fourth-order valence-electron chi connectivity index (χ4n) is 5.24. The fraction of sp³-hybridized carbons (Fsp3) is 0.600. The van der Waals surface area contributed by atoms with E-state index in [1.807, 2.05) is 11.8 Å². The molecule has 2 aromatic rings. The van der Waals surface area contributed by atoms with E-state index in [9.17, 15) is 14.4 Å². The Morgan fingerprint density at radius 1 is 1.21 bits per heavy atom. The zero-order valence-electron chi connectivity index (χ0n) is 19.7. The summed E-state index contributed by atoms with van der Waals surface area (Å²) in [7, 11) is 0. The molecule has 0 saturated carbocycles. The van der Waals surface area contributed by atoms with Crippen LogP contribution in [0.25, 0.3) is 11.0 Å². The van der Waals surface area contributed by atoms with Gasteiger partial charge in [-0.1, -0.05) is 31.8 Å². The largest absolute Gasteiger partial charge is 0.422 e. The van der Waals surface area contributed by atoms with Crippen molar-refractivity contribution in [3.8, 4) is 5.88 Å². The second kappa shape index (κ2) is 9.93. The maximum absolute atomic E-state index is 12.9. The number of rotatable bonds is 7. The van der Waals surface area contributed by atoms with Crippen LogP contribution in [0.5, 0.6) is 5.88 Å². The van der Waals surface area contributed by atoms with Gasteiger partial charge in [0.2, 0.25) is 11.8 Å². The minimum absolute atomic E-state index is 0.160. The number of oxime groups is 1. The topological polar surface area (TPSA) is 105 Å². The highest BCUT2D eigenvalue weighted by Crippen LogP contribution is 2.33. The van der Waals surface area contributed by atoms with Gasteiger partial charge in [-0.3, -0.25) is 14.6 Å². The smallest absolute Gasteiger partial charge is 0.336 e. The van der Waals surface area contributed by atoms with Gasteiger partial charge >= 0.3 is 5.63 Å². The van der Waals surface area contributed by atoms with Crippen LogP contribution in [-0.2, 0) is 11.2 Å². The first-order valence-corrected chi connectivity index (χ1v) is 12.2. The van der Waals surface area contributed by atoms with Gasteiger partial charge in [-0.25, -0.2) is 4.79 Å². The molecule has 2 aliphatic heterocycles. The molecular formula is C25H33N3O5. The summed E-state index contributed by atoms with van der Waals surface area (Å²) in [6.45, 7) is 5.76. The van der Waals surface area contributed by atoms with E-state index in [1.54, 1.807) is 6.92 Å². The van der Waals surface area contributed by atoms with E-state index in [-0.39, 0.29) is 35.0 Å². The maximum Gasteiger partial charge on any atom is 0.336 e. The second-order valence-corrected chi connectivity index (χ2v) is 9.21. The Morgan fingerprint density at radius 2 is 1.94 bits per heavy atom. The molecule has 2 atom stereocenters. The summed E-state index contributed by atoms with van der Waals surface area (Å²) in [5.74, 6) is 0.384. The van der Waals surface area contributed by atoms with Crippen molar-refractivity contribution >= 4 is 22.6 Å². The van der Waals surface area contributed by atoms with Crippen LogP contribution < -0.4 is 16.0 Å². The summed E-state index contributed by atoms with van der Waals surface area (Å²) in [5.41, 5.74) is 1.58. The molecule has 2 aromatic heterocycles. The van der Waals surface area contributed by atoms with E-state index in [0.717, 1.165) is 44.2 Å². The van der Waals surface area contributed by atoms with E-state index in [2.05, 4.69) is 17.1 Å². The molecule has 2 unspecified atom stereocenters. The predicted molar refractivity (Wildman–Crippen MR) is 127 cm³/mol. The Morgan fingerprint density at radius 3 is 2.61 bits per heavy atom. The second-order valence-electron chi connectivity index (χ2n) is 9.21. The van der Waals surface area contributed by atoms with Crippen LogP contribution in [0.1, 0.15) is 82.8 Å². The lowest BCUT2D eigenvalue weighted by Gasteiger charge is -2.46. The molecule has 178 valence electrons. The summed E-state index contributed by atoms with van der Waals surface area (Å²) < 4.78 is 5.42. The highest BCUT2D eigenvalue weighted by molar-refractivity contribution is 5.89. The molecule has 0 aromatic carbocycles. The molecule has 8 nitrogen and oxygen atoms in total. The Labute approximate surface area is 193 Å². The lowest BCUT2D eigenvalue weighted by molar-refractivity contribution is -0.138. The Hall–Kier alpha value is -2.90. The number of pyridine rings is 1. The molecule has 0 radical (unpaired) electrons. The van der Waals surface area contributed by atoms with E-state index >= 15 is 0 Å². The van der Waals surface area contributed by atoms with E-state index in [1.165, 1.54) is 6.07 Å². The minimum Gasteiger partial charge on any atom is -0.422 e. The number of hydrogen-bond donors (Lipinski definition) is 1. The van der Waals surface area contributed by atoms with Crippen molar-refractivity contribution in [3.05, 3.63) is 38.0 Å². The first-order valence-electron chi connectivity index (χ1n) is 12.2. The predicted octanol–water partition coefficient (Wildman–Crippen LogP) is 4.21. The Kier molecular flexibility index (Phi) is 7.00. The summed E-state index contributed by atoms with van der Waals surface area (Å²) in [6, 6.07) is 1.73. The quantitative estimate of drug-likeness (QED) is 0.497. The van der Waals surface area contributed by atoms with Gasteiger partial charge in [-0.05, 0) is 44.6 Å². The maximum atomic E-state index is 12.9. The number of H-pyrrole nitrogens is 1. The van der Waals surface area contributed by atoms with Crippen molar-refractivity contribution in [2.45, 2.75) is 97.1 Å². The molecule has 8 heteroatoms. The van der Waals surface area contributed by atoms with Crippen LogP contribution >= 0.6 is 0 Å². The van der Waals surface area contributed by atoms with Crippen molar-refractivity contribution in [3.63, 3.8) is 0 Å². The average Bonchev–Trinajstić information content (AvgIpc) is 2.79. The van der Waals surface area contributed by atoms with E-state index in [4.69, 9.17) is 9.25 Å². The molecule has 2 aliphatic rings. The first kappa shape index (κ1) is 23.3. The number of unbranched alkanes of at least 4 members (excludes halogenated alkanes) is 2. The van der Waals surface area contributed by atoms with Crippen LogP contribution in [0.4, 0.5) is 0 Å². The van der Waals surface area contributed by atoms with Gasteiger partial charge < -0.3 is 14.2 Å². The number of fused-ring (bicyclic) bond motifs is 3. The zero-order chi connectivity index (χ0) is 23.5. The van der Waals surface area contributed by atoms with Gasteiger partial charge in [0.1, 0.15) is 0 Å². The van der Waals surface area contributed by atoms with E-state index in [0.29, 0.717) is 42.2 Å². The van der Waals surface area contributed by atoms with Gasteiger partial charge in [0.05, 0.1) is 16.7 Å². The molecule has 33 heavy (non-hydrogen) atoms. The molecule has 0 spiro atoms. The number of amides is 1. The number of aromatic amines is 1. The van der Waals surface area contributed by atoms with Crippen molar-refractivity contribution < 1.29 is 14.0 Å². The number of aromatic nitrogens is 1. The van der Waals surface area contributed by atoms with Crippen LogP contribution in [0, 0.1) is 6.92 Å². The number of carbonyl (C=O) groups is 1. The molecular weight excluding hydrogens is 422 g/mol. The van der Waals surface area contributed by atoms with E-state index < -0.39 is 5.63 Å². The van der Waals surface area contributed by atoms with Gasteiger partial charge in [0.15, 0.2) is 5.58 Å². The molecule has 2 bridgehead atoms. The average molecular weight is 456 g/mol. The molecule has 4 rings (SSSR count). The lowest BCUT2D eigenvalue weighted by Crippen LogP contribution is -2.54. The third-order valence-corrected chi connectivity index (χ3v) is 6.89. The van der Waals surface area contributed by atoms with Crippen LogP contribution in [0.3, 0.4) is 0 Å². The summed E-state index contributed by atoms with van der Waals surface area (Å²) in [6.07, 6.45) is 8.56. The fourth-order valence-corrected chi connectivity index (χ4v) is 5.24. The van der Waals surface area contributed by atoms with Crippen LogP contribution in [0.2, 0.25) is 0 Å². The third kappa shape index (κ3) is 4.75. The van der Waals surface area contributed by atoms with Gasteiger partial charge in [-0.2, -0.15) is 0 Å². The van der Waals surface area contributed by atoms with Crippen molar-refractivity contribution in [2.24, 2.45) is 5.16 Å². The molecule has 1 amide bonds. The molecule has 4 heterocycles. The summed E-state index contributed by atoms with van der Waals surface area (Å²) in [5, 5.41) is 4.77. The Bertz CT molecular complexity index is 1160. The number of hydrogen-bond acceptors (Lipinski definition) is 6. The first-order chi connectivity index (χ1) is 15.9. The highest BCUT2D eigenvalue weighted by atomic mass is 16.6. The summed E-state index contributed by atoms with van der Waals surface area (Å²) >= 11 is 0. The number of aryl methyl sites for hydroxylation is 2. The SMILES string of the molecule is CCCCCc1cc(=O)oc2c(C)c(ON=C3CC4CCCC(C3)N4C(=O)CC)[nH]c(=O)c12. The van der Waals surface area contributed by atoms with Crippen LogP contribution in [0.15, 0.2) is 25.2 Å². The number of nitrogens with zero attached hydrogens (tertiary/aromatic N) is 2. The monoisotopic (exact) mass is 455 g/mol. The number of carbonyl (C=O) groups excluding carboxylic acids is 1. The normalized spacial score (nSPS) is 20.2. The summed E-state index contributed by atoms with van der Waals surface area (Å²) in [4.78, 5) is 48.0. The highest BCUT2D eigenvalue weighted by Gasteiger charge is 2.39.